The fourth-order valence-electron chi connectivity index (χ4n) is 2.35. The molecule has 0 bridgehead atoms. The lowest BCUT2D eigenvalue weighted by atomic mass is 9.97. The topological polar surface area (TPSA) is 151 Å². The smallest absolute Gasteiger partial charge is 0.269 e. The van der Waals surface area contributed by atoms with Crippen molar-refractivity contribution in [2.75, 3.05) is 6.61 Å². The maximum Gasteiger partial charge on any atom is 0.269 e. The van der Waals surface area contributed by atoms with Gasteiger partial charge in [-0.3, -0.25) is 14.9 Å². The van der Waals surface area contributed by atoms with Crippen LogP contribution in [0.3, 0.4) is 0 Å². The van der Waals surface area contributed by atoms with Crippen LogP contribution < -0.4 is 10.1 Å². The van der Waals surface area contributed by atoms with Crippen LogP contribution in [0.2, 0.25) is 0 Å². The Bertz CT molecular complexity index is 593. The number of ether oxygens (including phenoxy) is 2. The zero-order valence-electron chi connectivity index (χ0n) is 12.7. The average Bonchev–Trinajstić information content (AvgIpc) is 2.54. The first-order chi connectivity index (χ1) is 11.3. The molecule has 1 aliphatic rings. The number of nitro benzene ring substituents is 1. The number of aliphatic hydroxyl groups is 3. The van der Waals surface area contributed by atoms with Crippen LogP contribution in [0.5, 0.6) is 5.75 Å². The van der Waals surface area contributed by atoms with Gasteiger partial charge in [0.25, 0.3) is 5.69 Å². The normalized spacial score (nSPS) is 29.8. The van der Waals surface area contributed by atoms with E-state index in [1.807, 2.05) is 0 Å². The molecule has 0 spiro atoms. The van der Waals surface area contributed by atoms with Crippen LogP contribution >= 0.6 is 0 Å². The monoisotopic (exact) mass is 342 g/mol. The van der Waals surface area contributed by atoms with Crippen molar-refractivity contribution in [1.29, 1.82) is 0 Å². The molecular formula is C14H18N2O8. The van der Waals surface area contributed by atoms with Crippen LogP contribution in [0.4, 0.5) is 5.69 Å². The summed E-state index contributed by atoms with van der Waals surface area (Å²) in [6.45, 7) is 0.658. The van der Waals surface area contributed by atoms with E-state index in [4.69, 9.17) is 9.47 Å². The second-order valence-corrected chi connectivity index (χ2v) is 5.30. The van der Waals surface area contributed by atoms with E-state index in [1.54, 1.807) is 0 Å². The van der Waals surface area contributed by atoms with Crippen LogP contribution in [0.15, 0.2) is 24.3 Å². The minimum Gasteiger partial charge on any atom is -0.463 e. The molecule has 24 heavy (non-hydrogen) atoms. The quantitative estimate of drug-likeness (QED) is 0.389. The largest absolute Gasteiger partial charge is 0.463 e. The van der Waals surface area contributed by atoms with Gasteiger partial charge in [-0.1, -0.05) is 0 Å². The maximum absolute atomic E-state index is 11.3. The van der Waals surface area contributed by atoms with Crippen molar-refractivity contribution in [2.24, 2.45) is 0 Å². The highest BCUT2D eigenvalue weighted by Gasteiger charge is 2.46. The van der Waals surface area contributed by atoms with Gasteiger partial charge in [-0.05, 0) is 12.1 Å². The van der Waals surface area contributed by atoms with Crippen LogP contribution in [-0.2, 0) is 9.53 Å². The highest BCUT2D eigenvalue weighted by molar-refractivity contribution is 5.73. The molecule has 0 aromatic heterocycles. The summed E-state index contributed by atoms with van der Waals surface area (Å²) in [6.07, 6.45) is -5.15. The van der Waals surface area contributed by atoms with E-state index < -0.39 is 48.1 Å². The summed E-state index contributed by atoms with van der Waals surface area (Å²) in [5.74, 6) is -0.282. The van der Waals surface area contributed by atoms with E-state index >= 15 is 0 Å². The van der Waals surface area contributed by atoms with Gasteiger partial charge in [0.15, 0.2) is 0 Å². The third-order valence-corrected chi connectivity index (χ3v) is 3.55. The molecule has 10 heteroatoms. The van der Waals surface area contributed by atoms with Crippen molar-refractivity contribution in [3.8, 4) is 5.75 Å². The maximum atomic E-state index is 11.3. The van der Waals surface area contributed by atoms with Crippen molar-refractivity contribution >= 4 is 11.6 Å². The Balaban J connectivity index is 2.19. The summed E-state index contributed by atoms with van der Waals surface area (Å²) in [5.41, 5.74) is -0.131. The molecule has 10 nitrogen and oxygen atoms in total. The molecule has 0 radical (unpaired) electrons. The second kappa shape index (κ2) is 7.53. The standard InChI is InChI=1S/C14H18N2O8/c1-7(18)15-11-13(20)12(19)10(6-17)24-14(11)23-9-4-2-8(3-5-9)16(21)22/h2-5,10-14,17,19-20H,6H2,1H3,(H,15,18)/t10-,11+,12+,13+,14-/m0/s1. The molecule has 132 valence electrons. The Morgan fingerprint density at radius 3 is 2.46 bits per heavy atom. The van der Waals surface area contributed by atoms with Crippen LogP contribution in [0.1, 0.15) is 6.92 Å². The molecule has 0 unspecified atom stereocenters. The highest BCUT2D eigenvalue weighted by Crippen LogP contribution is 2.25. The van der Waals surface area contributed by atoms with Crippen LogP contribution in [-0.4, -0.2) is 63.4 Å². The molecule has 1 aliphatic heterocycles. The first kappa shape index (κ1) is 18.1. The number of carbonyl (C=O) groups is 1. The van der Waals surface area contributed by atoms with Gasteiger partial charge in [0.1, 0.15) is 30.1 Å². The second-order valence-electron chi connectivity index (χ2n) is 5.30. The number of amides is 1. The number of nitrogens with zero attached hydrogens (tertiary/aromatic N) is 1. The van der Waals surface area contributed by atoms with Gasteiger partial charge in [-0.15, -0.1) is 0 Å². The SMILES string of the molecule is CC(=O)N[C@H]1[C@@H](Oc2ccc([N+](=O)[O-])cc2)O[C@@H](CO)[C@@H](O)[C@@H]1O. The minimum absolute atomic E-state index is 0.131. The lowest BCUT2D eigenvalue weighted by molar-refractivity contribution is -0.384. The first-order valence-corrected chi connectivity index (χ1v) is 7.14. The number of hydrogen-bond acceptors (Lipinski definition) is 8. The Kier molecular flexibility index (Phi) is 5.67. The van der Waals surface area contributed by atoms with Gasteiger partial charge in [0, 0.05) is 19.1 Å². The van der Waals surface area contributed by atoms with E-state index in [2.05, 4.69) is 5.32 Å². The summed E-state index contributed by atoms with van der Waals surface area (Å²) in [5, 5.41) is 42.3. The lowest BCUT2D eigenvalue weighted by Gasteiger charge is -2.42. The van der Waals surface area contributed by atoms with E-state index in [-0.39, 0.29) is 11.4 Å². The molecule has 1 aromatic carbocycles. The summed E-state index contributed by atoms with van der Waals surface area (Å²) in [6, 6.07) is 4.02. The number of benzene rings is 1. The summed E-state index contributed by atoms with van der Waals surface area (Å²) < 4.78 is 10.9. The third-order valence-electron chi connectivity index (χ3n) is 3.55. The average molecular weight is 342 g/mol. The number of non-ortho nitro benzene ring substituents is 1. The molecular weight excluding hydrogens is 324 g/mol. The van der Waals surface area contributed by atoms with Gasteiger partial charge in [-0.2, -0.15) is 0 Å². The molecule has 1 aromatic rings. The molecule has 4 N–H and O–H groups in total. The van der Waals surface area contributed by atoms with Crippen molar-refractivity contribution in [1.82, 2.24) is 5.32 Å². The molecule has 0 aliphatic carbocycles. The molecule has 1 fully saturated rings. The van der Waals surface area contributed by atoms with Gasteiger partial charge in [0.05, 0.1) is 11.5 Å². The van der Waals surface area contributed by atoms with Gasteiger partial charge in [-0.25, -0.2) is 0 Å². The number of carbonyl (C=O) groups excluding carboxylic acids is 1. The number of rotatable bonds is 5. The van der Waals surface area contributed by atoms with E-state index in [0.29, 0.717) is 0 Å². The molecule has 1 amide bonds. The summed E-state index contributed by atoms with van der Waals surface area (Å²) in [7, 11) is 0. The van der Waals surface area contributed by atoms with Gasteiger partial charge in [0.2, 0.25) is 12.2 Å². The van der Waals surface area contributed by atoms with Gasteiger partial charge >= 0.3 is 0 Å². The number of hydrogen-bond donors (Lipinski definition) is 4. The molecule has 2 rings (SSSR count). The van der Waals surface area contributed by atoms with E-state index in [0.717, 1.165) is 0 Å². The number of aliphatic hydroxyl groups excluding tert-OH is 3. The van der Waals surface area contributed by atoms with Crippen molar-refractivity contribution < 1.29 is 34.5 Å². The lowest BCUT2D eigenvalue weighted by Crippen LogP contribution is -2.65. The van der Waals surface area contributed by atoms with Crippen molar-refractivity contribution in [3.05, 3.63) is 34.4 Å². The molecule has 1 heterocycles. The van der Waals surface area contributed by atoms with Crippen LogP contribution in [0.25, 0.3) is 0 Å². The fraction of sp³-hybridized carbons (Fsp3) is 0.500. The Labute approximate surface area is 136 Å². The van der Waals surface area contributed by atoms with E-state index in [9.17, 15) is 30.2 Å². The summed E-state index contributed by atoms with van der Waals surface area (Å²) in [4.78, 5) is 21.4. The number of nitro groups is 1. The predicted octanol–water partition coefficient (Wildman–Crippen LogP) is -1.08. The van der Waals surface area contributed by atoms with Crippen molar-refractivity contribution in [2.45, 2.75) is 37.6 Å². The Hall–Kier alpha value is -2.27. The van der Waals surface area contributed by atoms with Crippen LogP contribution in [0, 0.1) is 10.1 Å². The van der Waals surface area contributed by atoms with Gasteiger partial charge < -0.3 is 30.1 Å². The highest BCUT2D eigenvalue weighted by atomic mass is 16.7. The zero-order chi connectivity index (χ0) is 17.9. The first-order valence-electron chi connectivity index (χ1n) is 7.14. The minimum atomic E-state index is -1.43. The zero-order valence-corrected chi connectivity index (χ0v) is 12.7. The number of nitrogens with one attached hydrogen (secondary N) is 1. The Morgan fingerprint density at radius 1 is 1.33 bits per heavy atom. The molecule has 5 atom stereocenters. The molecule has 1 saturated heterocycles. The fourth-order valence-corrected chi connectivity index (χ4v) is 2.35. The summed E-state index contributed by atoms with van der Waals surface area (Å²) >= 11 is 0. The molecule has 0 saturated carbocycles. The van der Waals surface area contributed by atoms with Crippen molar-refractivity contribution in [3.63, 3.8) is 0 Å². The third kappa shape index (κ3) is 3.97. The predicted molar refractivity (Wildman–Crippen MR) is 79.1 cm³/mol. The Morgan fingerprint density at radius 2 is 1.96 bits per heavy atom. The van der Waals surface area contributed by atoms with E-state index in [1.165, 1.54) is 31.2 Å².